The Balaban J connectivity index is 2.70. The topological polar surface area (TPSA) is 175 Å². The number of hydrogen-bond acceptors (Lipinski definition) is 10. The summed E-state index contributed by atoms with van der Waals surface area (Å²) in [6.07, 6.45) is 45.1. The number of aliphatic hydroxyl groups excluding tert-OH is 5. The molecular formula is C60H113NO10. The molecular weight excluding hydrogens is 895 g/mol. The highest BCUT2D eigenvalue weighted by molar-refractivity contribution is 5.80. The lowest BCUT2D eigenvalue weighted by atomic mass is 9.99. The predicted molar refractivity (Wildman–Crippen MR) is 292 cm³/mol. The Morgan fingerprint density at radius 3 is 1.37 bits per heavy atom. The molecule has 6 N–H and O–H groups in total. The third kappa shape index (κ3) is 37.5. The average molecular weight is 1010 g/mol. The van der Waals surface area contributed by atoms with Crippen molar-refractivity contribution in [2.45, 2.75) is 333 Å². The molecule has 418 valence electrons. The predicted octanol–water partition coefficient (Wildman–Crippen LogP) is 13.7. The first kappa shape index (κ1) is 67.2. The summed E-state index contributed by atoms with van der Waals surface area (Å²) >= 11 is 0. The normalized spacial score (nSPS) is 19.7. The highest BCUT2D eigenvalue weighted by Crippen LogP contribution is 2.26. The van der Waals surface area contributed by atoms with Crippen LogP contribution in [0.15, 0.2) is 24.3 Å². The summed E-state index contributed by atoms with van der Waals surface area (Å²) in [7, 11) is 0. The first-order chi connectivity index (χ1) is 34.7. The van der Waals surface area contributed by atoms with Crippen LogP contribution in [0.5, 0.6) is 0 Å². The lowest BCUT2D eigenvalue weighted by molar-refractivity contribution is -0.305. The third-order valence-corrected chi connectivity index (χ3v) is 14.4. The fraction of sp³-hybridized carbons (Fsp3) is 0.900. The van der Waals surface area contributed by atoms with Crippen LogP contribution >= 0.6 is 0 Å². The van der Waals surface area contributed by atoms with Gasteiger partial charge in [0.1, 0.15) is 24.4 Å². The van der Waals surface area contributed by atoms with E-state index in [1.54, 1.807) is 6.08 Å². The molecule has 1 saturated heterocycles. The zero-order chi connectivity index (χ0) is 51.8. The molecule has 1 rings (SSSR count). The van der Waals surface area contributed by atoms with E-state index in [0.29, 0.717) is 12.8 Å². The largest absolute Gasteiger partial charge is 0.454 e. The molecule has 0 aromatic heterocycles. The maximum Gasteiger partial charge on any atom is 0.306 e. The van der Waals surface area contributed by atoms with Gasteiger partial charge in [0.25, 0.3) is 0 Å². The van der Waals surface area contributed by atoms with Gasteiger partial charge in [-0.25, -0.2) is 0 Å². The highest BCUT2D eigenvalue weighted by atomic mass is 16.7. The molecule has 0 aromatic carbocycles. The molecule has 11 nitrogen and oxygen atoms in total. The van der Waals surface area contributed by atoms with Crippen molar-refractivity contribution >= 4 is 11.9 Å². The van der Waals surface area contributed by atoms with Crippen LogP contribution in [0, 0.1) is 0 Å². The van der Waals surface area contributed by atoms with E-state index < -0.39 is 67.4 Å². The molecule has 0 spiro atoms. The second-order valence-corrected chi connectivity index (χ2v) is 21.1. The first-order valence-corrected chi connectivity index (χ1v) is 30.1. The molecule has 8 unspecified atom stereocenters. The van der Waals surface area contributed by atoms with Gasteiger partial charge in [-0.1, -0.05) is 251 Å². The van der Waals surface area contributed by atoms with Crippen molar-refractivity contribution in [2.75, 3.05) is 13.2 Å². The molecule has 0 radical (unpaired) electrons. The fourth-order valence-electron chi connectivity index (χ4n) is 9.53. The van der Waals surface area contributed by atoms with Gasteiger partial charge in [-0.15, -0.1) is 0 Å². The second kappa shape index (κ2) is 49.0. The van der Waals surface area contributed by atoms with E-state index in [0.717, 1.165) is 57.8 Å². The van der Waals surface area contributed by atoms with Crippen LogP contribution < -0.4 is 5.32 Å². The van der Waals surface area contributed by atoms with Gasteiger partial charge in [0, 0.05) is 6.42 Å². The minimum atomic E-state index is -1.61. The summed E-state index contributed by atoms with van der Waals surface area (Å²) in [4.78, 5) is 26.5. The van der Waals surface area contributed by atoms with Crippen LogP contribution in [0.3, 0.4) is 0 Å². The van der Waals surface area contributed by atoms with E-state index in [1.807, 2.05) is 6.08 Å². The molecule has 0 aromatic rings. The summed E-state index contributed by atoms with van der Waals surface area (Å²) in [6.45, 7) is 5.78. The van der Waals surface area contributed by atoms with Gasteiger partial charge < -0.3 is 45.1 Å². The Morgan fingerprint density at radius 2 is 0.930 bits per heavy atom. The summed E-state index contributed by atoms with van der Waals surface area (Å²) in [5, 5.41) is 56.8. The van der Waals surface area contributed by atoms with Crippen LogP contribution in [-0.4, -0.2) is 99.6 Å². The Bertz CT molecular complexity index is 1250. The maximum absolute atomic E-state index is 13.4. The number of unbranched alkanes of at least 4 members (excludes halogenated alkanes) is 35. The van der Waals surface area contributed by atoms with Gasteiger partial charge in [0.15, 0.2) is 12.4 Å². The van der Waals surface area contributed by atoms with Gasteiger partial charge in [0.2, 0.25) is 5.91 Å². The molecule has 0 bridgehead atoms. The number of ether oxygens (including phenoxy) is 3. The minimum absolute atomic E-state index is 0.128. The number of aliphatic hydroxyl groups is 5. The molecule has 11 heteroatoms. The quantitative estimate of drug-likeness (QED) is 0.0195. The van der Waals surface area contributed by atoms with E-state index >= 15 is 0 Å². The van der Waals surface area contributed by atoms with Gasteiger partial charge in [-0.3, -0.25) is 9.59 Å². The van der Waals surface area contributed by atoms with E-state index in [2.05, 4.69) is 38.2 Å². The summed E-state index contributed by atoms with van der Waals surface area (Å²) in [5.74, 6) is -1.20. The molecule has 1 fully saturated rings. The van der Waals surface area contributed by atoms with Crippen molar-refractivity contribution in [3.8, 4) is 0 Å². The Kier molecular flexibility index (Phi) is 46.4. The van der Waals surface area contributed by atoms with Gasteiger partial charge in [-0.05, 0) is 51.4 Å². The van der Waals surface area contributed by atoms with Crippen LogP contribution in [0.25, 0.3) is 0 Å². The standard InChI is InChI=1S/C60H113NO10/c1-4-7-10-13-16-19-22-25-26-27-28-30-33-36-39-42-45-48-55(65)71-58-57(67)56(66)54(49-62)70-60(58)69-50-51(52(63)46-43-40-37-34-32-29-23-20-17-14-11-8-5-2)61-59(68)53(64)47-44-41-38-35-31-24-21-18-15-12-9-6-3/h31,35,43,46,51-54,56-58,60,62-64,66-67H,4-30,32-34,36-42,44-45,47-50H2,1-3H3,(H,61,68)/b35-31-,46-43+. The van der Waals surface area contributed by atoms with Crippen LogP contribution in [0.1, 0.15) is 284 Å². The summed E-state index contributed by atoms with van der Waals surface area (Å²) in [6, 6.07) is -1.03. The number of rotatable bonds is 51. The zero-order valence-electron chi connectivity index (χ0n) is 46.1. The molecule has 1 aliphatic heterocycles. The van der Waals surface area contributed by atoms with Crippen molar-refractivity contribution in [3.05, 3.63) is 24.3 Å². The van der Waals surface area contributed by atoms with Crippen molar-refractivity contribution in [2.24, 2.45) is 0 Å². The molecule has 1 heterocycles. The molecule has 0 saturated carbocycles. The van der Waals surface area contributed by atoms with Crippen LogP contribution in [0.4, 0.5) is 0 Å². The van der Waals surface area contributed by atoms with Crippen LogP contribution in [0.2, 0.25) is 0 Å². The third-order valence-electron chi connectivity index (χ3n) is 14.4. The van der Waals surface area contributed by atoms with Crippen molar-refractivity contribution in [3.63, 3.8) is 0 Å². The number of carbonyl (C=O) groups is 2. The monoisotopic (exact) mass is 1010 g/mol. The highest BCUT2D eigenvalue weighted by Gasteiger charge is 2.47. The van der Waals surface area contributed by atoms with Crippen molar-refractivity contribution in [1.29, 1.82) is 0 Å². The minimum Gasteiger partial charge on any atom is -0.454 e. The maximum atomic E-state index is 13.4. The van der Waals surface area contributed by atoms with E-state index in [4.69, 9.17) is 14.2 Å². The summed E-state index contributed by atoms with van der Waals surface area (Å²) in [5.41, 5.74) is 0. The molecule has 1 aliphatic rings. The lowest BCUT2D eigenvalue weighted by Crippen LogP contribution is -2.61. The van der Waals surface area contributed by atoms with Gasteiger partial charge >= 0.3 is 5.97 Å². The number of amides is 1. The second-order valence-electron chi connectivity index (χ2n) is 21.1. The lowest BCUT2D eigenvalue weighted by Gasteiger charge is -2.41. The smallest absolute Gasteiger partial charge is 0.306 e. The number of esters is 1. The number of carbonyl (C=O) groups excluding carboxylic acids is 2. The van der Waals surface area contributed by atoms with Gasteiger partial charge in [-0.2, -0.15) is 0 Å². The molecule has 0 aliphatic carbocycles. The zero-order valence-corrected chi connectivity index (χ0v) is 46.1. The van der Waals surface area contributed by atoms with E-state index in [-0.39, 0.29) is 19.4 Å². The van der Waals surface area contributed by atoms with Gasteiger partial charge in [0.05, 0.1) is 25.4 Å². The van der Waals surface area contributed by atoms with E-state index in [1.165, 1.54) is 180 Å². The number of allylic oxidation sites excluding steroid dienone is 3. The van der Waals surface area contributed by atoms with Crippen molar-refractivity contribution < 1.29 is 49.3 Å². The first-order valence-electron chi connectivity index (χ1n) is 30.1. The number of nitrogens with one attached hydrogen (secondary N) is 1. The molecule has 71 heavy (non-hydrogen) atoms. The fourth-order valence-corrected chi connectivity index (χ4v) is 9.53. The van der Waals surface area contributed by atoms with E-state index in [9.17, 15) is 35.1 Å². The number of hydrogen-bond donors (Lipinski definition) is 6. The van der Waals surface area contributed by atoms with Crippen LogP contribution in [-0.2, 0) is 23.8 Å². The summed E-state index contributed by atoms with van der Waals surface area (Å²) < 4.78 is 17.6. The Labute approximate surface area is 435 Å². The average Bonchev–Trinajstić information content (AvgIpc) is 3.37. The van der Waals surface area contributed by atoms with Crippen molar-refractivity contribution in [1.82, 2.24) is 5.32 Å². The molecule has 1 amide bonds. The Morgan fingerprint density at radius 1 is 0.535 bits per heavy atom. The Hall–Kier alpha value is -1.86. The SMILES string of the molecule is CCCCCCCC/C=C\CCCCC(O)C(=O)NC(COC1OC(CO)C(O)C(O)C1OC(=O)CCCCCCCCCCCCCCCCCCC)C(O)/C=C/CCCCCCCCCCCCC. The molecule has 8 atom stereocenters.